The van der Waals surface area contributed by atoms with Gasteiger partial charge in [0.25, 0.3) is 5.91 Å². The maximum atomic E-state index is 13.9. The first kappa shape index (κ1) is 17.3. The second-order valence-corrected chi connectivity index (χ2v) is 5.63. The van der Waals surface area contributed by atoms with Gasteiger partial charge >= 0.3 is 0 Å². The predicted molar refractivity (Wildman–Crippen MR) is 96.3 cm³/mol. The Bertz CT molecular complexity index is 961. The largest absolute Gasteiger partial charge is 0.383 e. The van der Waals surface area contributed by atoms with Crippen LogP contribution in [-0.2, 0) is 6.54 Å². The summed E-state index contributed by atoms with van der Waals surface area (Å²) in [5.74, 6) is -1.94. The first-order chi connectivity index (χ1) is 12.5. The Kier molecular flexibility index (Phi) is 4.79. The first-order valence-corrected chi connectivity index (χ1v) is 7.79. The molecule has 0 atom stereocenters. The van der Waals surface area contributed by atoms with Crippen LogP contribution >= 0.6 is 0 Å². The minimum Gasteiger partial charge on any atom is -0.383 e. The number of aromatic nitrogens is 1. The number of pyridine rings is 1. The van der Waals surface area contributed by atoms with Gasteiger partial charge in [-0.15, -0.1) is 0 Å². The minimum atomic E-state index is -0.769. The van der Waals surface area contributed by atoms with E-state index in [9.17, 15) is 13.6 Å². The molecule has 1 amide bonds. The Morgan fingerprint density at radius 2 is 1.85 bits per heavy atom. The molecule has 2 aromatic carbocycles. The third kappa shape index (κ3) is 3.46. The number of nitrogens with zero attached hydrogens (tertiary/aromatic N) is 1. The lowest BCUT2D eigenvalue weighted by atomic mass is 10.0. The van der Waals surface area contributed by atoms with Gasteiger partial charge in [0.2, 0.25) is 0 Å². The number of benzene rings is 2. The molecule has 7 heteroatoms. The third-order valence-electron chi connectivity index (χ3n) is 3.90. The van der Waals surface area contributed by atoms with Crippen LogP contribution in [0, 0.1) is 11.6 Å². The average Bonchev–Trinajstić information content (AvgIpc) is 2.63. The van der Waals surface area contributed by atoms with Crippen molar-refractivity contribution in [3.63, 3.8) is 0 Å². The number of anilines is 2. The van der Waals surface area contributed by atoms with Crippen molar-refractivity contribution in [2.45, 2.75) is 6.54 Å². The molecule has 3 rings (SSSR count). The van der Waals surface area contributed by atoms with Crippen molar-refractivity contribution in [2.75, 3.05) is 11.1 Å². The van der Waals surface area contributed by atoms with E-state index in [4.69, 9.17) is 11.5 Å². The number of carbonyl (C=O) groups excluding carboxylic acids is 1. The maximum Gasteiger partial charge on any atom is 0.254 e. The Morgan fingerprint density at radius 3 is 2.54 bits per heavy atom. The van der Waals surface area contributed by atoms with Gasteiger partial charge < -0.3 is 16.8 Å². The number of hydrogen-bond donors (Lipinski definition) is 3. The molecular formula is C19H16F2N4O. The summed E-state index contributed by atoms with van der Waals surface area (Å²) in [5, 5.41) is 2.96. The van der Waals surface area contributed by atoms with Gasteiger partial charge in [-0.1, -0.05) is 30.3 Å². The lowest BCUT2D eigenvalue weighted by molar-refractivity contribution is 0.100. The quantitative estimate of drug-likeness (QED) is 0.655. The molecule has 0 radical (unpaired) electrons. The van der Waals surface area contributed by atoms with Gasteiger partial charge in [0.1, 0.15) is 23.0 Å². The molecule has 5 N–H and O–H groups in total. The van der Waals surface area contributed by atoms with Crippen molar-refractivity contribution in [3.05, 3.63) is 77.5 Å². The van der Waals surface area contributed by atoms with E-state index in [0.717, 1.165) is 23.8 Å². The van der Waals surface area contributed by atoms with Crippen LogP contribution in [0.15, 0.2) is 54.7 Å². The van der Waals surface area contributed by atoms with Crippen molar-refractivity contribution >= 4 is 17.4 Å². The summed E-state index contributed by atoms with van der Waals surface area (Å²) < 4.78 is 27.3. The average molecular weight is 354 g/mol. The van der Waals surface area contributed by atoms with Gasteiger partial charge in [-0.25, -0.2) is 13.8 Å². The molecule has 0 fully saturated rings. The van der Waals surface area contributed by atoms with Crippen molar-refractivity contribution in [1.82, 2.24) is 4.98 Å². The molecule has 0 saturated heterocycles. The zero-order valence-electron chi connectivity index (χ0n) is 13.7. The highest BCUT2D eigenvalue weighted by Gasteiger charge is 2.19. The molecule has 0 aliphatic carbocycles. The van der Waals surface area contributed by atoms with Crippen LogP contribution in [0.4, 0.5) is 20.3 Å². The molecule has 0 aliphatic heterocycles. The molecule has 26 heavy (non-hydrogen) atoms. The van der Waals surface area contributed by atoms with Crippen LogP contribution in [0.25, 0.3) is 11.1 Å². The van der Waals surface area contributed by atoms with E-state index in [1.165, 1.54) is 6.20 Å². The molecule has 0 spiro atoms. The highest BCUT2D eigenvalue weighted by atomic mass is 19.1. The van der Waals surface area contributed by atoms with Crippen LogP contribution < -0.4 is 16.8 Å². The number of nitrogens with two attached hydrogens (primary N) is 2. The maximum absolute atomic E-state index is 13.9. The summed E-state index contributed by atoms with van der Waals surface area (Å²) in [4.78, 5) is 15.9. The standard InChI is InChI=1S/C19H16F2N4O/c20-13-6-7-15(21)12(8-13)9-24-17-14(11-4-2-1-3-5-11)10-25-18(22)16(17)19(23)26/h1-8,10H,9H2,(H2,23,26)(H3,22,24,25). The van der Waals surface area contributed by atoms with E-state index < -0.39 is 17.5 Å². The van der Waals surface area contributed by atoms with E-state index in [0.29, 0.717) is 11.3 Å². The van der Waals surface area contributed by atoms with E-state index in [1.54, 1.807) is 0 Å². The highest BCUT2D eigenvalue weighted by molar-refractivity contribution is 6.06. The van der Waals surface area contributed by atoms with Gasteiger partial charge in [0.05, 0.1) is 5.69 Å². The molecule has 5 nitrogen and oxygen atoms in total. The Hall–Kier alpha value is -3.48. The number of rotatable bonds is 5. The number of amides is 1. The molecule has 1 aromatic heterocycles. The molecule has 0 aliphatic rings. The van der Waals surface area contributed by atoms with Crippen molar-refractivity contribution in [2.24, 2.45) is 5.73 Å². The molecule has 1 heterocycles. The summed E-state index contributed by atoms with van der Waals surface area (Å²) >= 11 is 0. The second kappa shape index (κ2) is 7.18. The number of halogens is 2. The minimum absolute atomic E-state index is 0.00293. The van der Waals surface area contributed by atoms with Crippen LogP contribution in [0.5, 0.6) is 0 Å². The molecule has 0 saturated carbocycles. The number of hydrogen-bond acceptors (Lipinski definition) is 4. The van der Waals surface area contributed by atoms with Gasteiger partial charge in [-0.2, -0.15) is 0 Å². The van der Waals surface area contributed by atoms with Crippen molar-refractivity contribution in [1.29, 1.82) is 0 Å². The van der Waals surface area contributed by atoms with E-state index in [-0.39, 0.29) is 23.5 Å². The van der Waals surface area contributed by atoms with Crippen molar-refractivity contribution < 1.29 is 13.6 Å². The Morgan fingerprint density at radius 1 is 1.12 bits per heavy atom. The smallest absolute Gasteiger partial charge is 0.254 e. The fourth-order valence-electron chi connectivity index (χ4n) is 2.66. The van der Waals surface area contributed by atoms with Gasteiger partial charge in [-0.3, -0.25) is 4.79 Å². The van der Waals surface area contributed by atoms with Gasteiger partial charge in [-0.05, 0) is 23.8 Å². The summed E-state index contributed by atoms with van der Waals surface area (Å²) in [6.07, 6.45) is 1.50. The van der Waals surface area contributed by atoms with Crippen LogP contribution in [0.2, 0.25) is 0 Å². The fraction of sp³-hybridized carbons (Fsp3) is 0.0526. The number of primary amides is 1. The van der Waals surface area contributed by atoms with Crippen molar-refractivity contribution in [3.8, 4) is 11.1 Å². The Labute approximate surface area is 148 Å². The lowest BCUT2D eigenvalue weighted by Crippen LogP contribution is -2.18. The molecular weight excluding hydrogens is 338 g/mol. The number of nitrogens with one attached hydrogen (secondary N) is 1. The summed E-state index contributed by atoms with van der Waals surface area (Å²) in [6, 6.07) is 12.3. The third-order valence-corrected chi connectivity index (χ3v) is 3.90. The van der Waals surface area contributed by atoms with Gasteiger partial charge in [0, 0.05) is 23.9 Å². The number of nitrogen functional groups attached to an aromatic ring is 1. The zero-order valence-corrected chi connectivity index (χ0v) is 13.7. The van der Waals surface area contributed by atoms with Gasteiger partial charge in [0.15, 0.2) is 0 Å². The van der Waals surface area contributed by atoms with Crippen LogP contribution in [0.1, 0.15) is 15.9 Å². The SMILES string of the molecule is NC(=O)c1c(N)ncc(-c2ccccc2)c1NCc1cc(F)ccc1F. The van der Waals surface area contributed by atoms with Crippen LogP contribution in [-0.4, -0.2) is 10.9 Å². The lowest BCUT2D eigenvalue weighted by Gasteiger charge is -2.17. The normalized spacial score (nSPS) is 10.5. The monoisotopic (exact) mass is 354 g/mol. The van der Waals surface area contributed by atoms with E-state index in [1.807, 2.05) is 30.3 Å². The summed E-state index contributed by atoms with van der Waals surface area (Å²) in [6.45, 7) is -0.0623. The summed E-state index contributed by atoms with van der Waals surface area (Å²) in [7, 11) is 0. The molecule has 3 aromatic rings. The van der Waals surface area contributed by atoms with E-state index in [2.05, 4.69) is 10.3 Å². The fourth-order valence-corrected chi connectivity index (χ4v) is 2.66. The second-order valence-electron chi connectivity index (χ2n) is 5.63. The van der Waals surface area contributed by atoms with E-state index >= 15 is 0 Å². The zero-order chi connectivity index (χ0) is 18.7. The van der Waals surface area contributed by atoms with Crippen LogP contribution in [0.3, 0.4) is 0 Å². The molecule has 132 valence electrons. The predicted octanol–water partition coefficient (Wildman–Crippen LogP) is 3.32. The molecule has 0 unspecified atom stereocenters. The number of carbonyl (C=O) groups is 1. The Balaban J connectivity index is 2.07. The summed E-state index contributed by atoms with van der Waals surface area (Å²) in [5.41, 5.74) is 13.0. The molecule has 0 bridgehead atoms. The highest BCUT2D eigenvalue weighted by Crippen LogP contribution is 2.33. The first-order valence-electron chi connectivity index (χ1n) is 7.79. The topological polar surface area (TPSA) is 94.0 Å².